The zero-order chi connectivity index (χ0) is 17.7. The van der Waals surface area contributed by atoms with E-state index in [-0.39, 0.29) is 16.5 Å². The van der Waals surface area contributed by atoms with Crippen molar-refractivity contribution in [3.05, 3.63) is 63.2 Å². The summed E-state index contributed by atoms with van der Waals surface area (Å²) in [5, 5.41) is 10.7. The van der Waals surface area contributed by atoms with Crippen LogP contribution in [-0.4, -0.2) is 27.0 Å². The monoisotopic (exact) mass is 370 g/mol. The first-order chi connectivity index (χ1) is 11.3. The maximum absolute atomic E-state index is 12.3. The molecule has 2 rings (SSSR count). The SMILES string of the molecule is COc1ccccc1CCNS(=O)(=O)c1ccc(Cl)c([N+](=O)[O-])c1. The normalized spacial score (nSPS) is 11.2. The Hall–Kier alpha value is -2.16. The van der Waals surface area contributed by atoms with Gasteiger partial charge in [-0.25, -0.2) is 13.1 Å². The Kier molecular flexibility index (Phi) is 5.76. The Labute approximate surface area is 144 Å². The first-order valence-corrected chi connectivity index (χ1v) is 8.77. The van der Waals surface area contributed by atoms with Crippen molar-refractivity contribution in [1.82, 2.24) is 4.72 Å². The van der Waals surface area contributed by atoms with Gasteiger partial charge in [0, 0.05) is 12.6 Å². The Balaban J connectivity index is 2.12. The summed E-state index contributed by atoms with van der Waals surface area (Å²) in [4.78, 5) is 9.93. The molecule has 0 aromatic heterocycles. The van der Waals surface area contributed by atoms with Crippen LogP contribution in [-0.2, 0) is 16.4 Å². The summed E-state index contributed by atoms with van der Waals surface area (Å²) in [6.07, 6.45) is 0.416. The maximum Gasteiger partial charge on any atom is 0.289 e. The number of nitro benzene ring substituents is 1. The van der Waals surface area contributed by atoms with Crippen LogP contribution in [0, 0.1) is 10.1 Å². The van der Waals surface area contributed by atoms with Gasteiger partial charge in [0.15, 0.2) is 0 Å². The van der Waals surface area contributed by atoms with Gasteiger partial charge in [0.2, 0.25) is 10.0 Å². The summed E-state index contributed by atoms with van der Waals surface area (Å²) in [6, 6.07) is 10.6. The van der Waals surface area contributed by atoms with E-state index in [1.807, 2.05) is 18.2 Å². The highest BCUT2D eigenvalue weighted by Gasteiger charge is 2.20. The predicted molar refractivity (Wildman–Crippen MR) is 90.0 cm³/mol. The minimum absolute atomic E-state index is 0.118. The summed E-state index contributed by atoms with van der Waals surface area (Å²) in [6.45, 7) is 0.124. The Morgan fingerprint density at radius 2 is 1.96 bits per heavy atom. The second-order valence-electron chi connectivity index (χ2n) is 4.83. The van der Waals surface area contributed by atoms with E-state index >= 15 is 0 Å². The number of ether oxygens (including phenoxy) is 1. The van der Waals surface area contributed by atoms with E-state index in [2.05, 4.69) is 4.72 Å². The number of hydrogen-bond acceptors (Lipinski definition) is 5. The molecule has 9 heteroatoms. The van der Waals surface area contributed by atoms with Crippen molar-refractivity contribution < 1.29 is 18.1 Å². The van der Waals surface area contributed by atoms with E-state index in [0.29, 0.717) is 12.2 Å². The molecule has 7 nitrogen and oxygen atoms in total. The highest BCUT2D eigenvalue weighted by Crippen LogP contribution is 2.27. The van der Waals surface area contributed by atoms with Gasteiger partial charge < -0.3 is 4.74 Å². The summed E-state index contributed by atoms with van der Waals surface area (Å²) >= 11 is 5.69. The molecule has 0 heterocycles. The summed E-state index contributed by atoms with van der Waals surface area (Å²) < 4.78 is 32.1. The van der Waals surface area contributed by atoms with Gasteiger partial charge in [0.1, 0.15) is 10.8 Å². The van der Waals surface area contributed by atoms with E-state index < -0.39 is 20.6 Å². The van der Waals surface area contributed by atoms with E-state index in [0.717, 1.165) is 11.6 Å². The van der Waals surface area contributed by atoms with E-state index in [1.54, 1.807) is 6.07 Å². The minimum Gasteiger partial charge on any atom is -0.496 e. The third kappa shape index (κ3) is 4.22. The molecule has 0 unspecified atom stereocenters. The smallest absolute Gasteiger partial charge is 0.289 e. The number of rotatable bonds is 7. The molecule has 0 amide bonds. The van der Waals surface area contributed by atoms with Crippen LogP contribution in [0.2, 0.25) is 5.02 Å². The lowest BCUT2D eigenvalue weighted by atomic mass is 10.1. The summed E-state index contributed by atoms with van der Waals surface area (Å²) in [5.74, 6) is 0.666. The van der Waals surface area contributed by atoms with Gasteiger partial charge in [0.25, 0.3) is 5.69 Å². The van der Waals surface area contributed by atoms with Crippen LogP contribution >= 0.6 is 11.6 Å². The fourth-order valence-corrected chi connectivity index (χ4v) is 3.35. The molecule has 0 radical (unpaired) electrons. The van der Waals surface area contributed by atoms with Crippen molar-refractivity contribution in [3.63, 3.8) is 0 Å². The van der Waals surface area contributed by atoms with Crippen LogP contribution in [0.4, 0.5) is 5.69 Å². The van der Waals surface area contributed by atoms with Gasteiger partial charge >= 0.3 is 0 Å². The molecule has 2 aromatic carbocycles. The molecule has 2 aromatic rings. The zero-order valence-corrected chi connectivity index (χ0v) is 14.3. The highest BCUT2D eigenvalue weighted by molar-refractivity contribution is 7.89. The fourth-order valence-electron chi connectivity index (χ4n) is 2.11. The van der Waals surface area contributed by atoms with E-state index in [4.69, 9.17) is 16.3 Å². The average Bonchev–Trinajstić information content (AvgIpc) is 2.55. The van der Waals surface area contributed by atoms with Crippen molar-refractivity contribution in [2.75, 3.05) is 13.7 Å². The van der Waals surface area contributed by atoms with Crippen LogP contribution in [0.5, 0.6) is 5.75 Å². The van der Waals surface area contributed by atoms with Crippen LogP contribution in [0.3, 0.4) is 0 Å². The lowest BCUT2D eigenvalue weighted by Crippen LogP contribution is -2.26. The highest BCUT2D eigenvalue weighted by atomic mass is 35.5. The average molecular weight is 371 g/mol. The molecule has 0 saturated heterocycles. The number of nitrogens with zero attached hydrogens (tertiary/aromatic N) is 1. The van der Waals surface area contributed by atoms with Crippen molar-refractivity contribution in [2.45, 2.75) is 11.3 Å². The Morgan fingerprint density at radius 1 is 1.25 bits per heavy atom. The lowest BCUT2D eigenvalue weighted by molar-refractivity contribution is -0.384. The predicted octanol–water partition coefficient (Wildman–Crippen LogP) is 2.78. The van der Waals surface area contributed by atoms with E-state index in [9.17, 15) is 18.5 Å². The number of nitro groups is 1. The van der Waals surface area contributed by atoms with Crippen LogP contribution in [0.1, 0.15) is 5.56 Å². The van der Waals surface area contributed by atoms with Crippen molar-refractivity contribution in [1.29, 1.82) is 0 Å². The Morgan fingerprint density at radius 3 is 2.62 bits per heavy atom. The number of sulfonamides is 1. The zero-order valence-electron chi connectivity index (χ0n) is 12.7. The first kappa shape index (κ1) is 18.2. The third-order valence-electron chi connectivity index (χ3n) is 3.30. The largest absolute Gasteiger partial charge is 0.496 e. The molecular formula is C15H15ClN2O5S. The van der Waals surface area contributed by atoms with Gasteiger partial charge in [-0.2, -0.15) is 0 Å². The Bertz CT molecular complexity index is 855. The van der Waals surface area contributed by atoms with Gasteiger partial charge in [-0.15, -0.1) is 0 Å². The summed E-state index contributed by atoms with van der Waals surface area (Å²) in [5.41, 5.74) is 0.397. The number of nitrogens with one attached hydrogen (secondary N) is 1. The number of hydrogen-bond donors (Lipinski definition) is 1. The lowest BCUT2D eigenvalue weighted by Gasteiger charge is -2.10. The van der Waals surface area contributed by atoms with Gasteiger partial charge in [-0.1, -0.05) is 29.8 Å². The van der Waals surface area contributed by atoms with Crippen molar-refractivity contribution >= 4 is 27.3 Å². The number of para-hydroxylation sites is 1. The maximum atomic E-state index is 12.3. The molecule has 1 N–H and O–H groups in total. The van der Waals surface area contributed by atoms with Crippen LogP contribution in [0.15, 0.2) is 47.4 Å². The molecule has 128 valence electrons. The fraction of sp³-hybridized carbons (Fsp3) is 0.200. The van der Waals surface area contributed by atoms with Gasteiger partial charge in [-0.3, -0.25) is 10.1 Å². The first-order valence-electron chi connectivity index (χ1n) is 6.90. The number of halogens is 1. The molecule has 0 aliphatic heterocycles. The van der Waals surface area contributed by atoms with Gasteiger partial charge in [-0.05, 0) is 30.2 Å². The number of benzene rings is 2. The molecule has 24 heavy (non-hydrogen) atoms. The molecule has 0 bridgehead atoms. The molecule has 0 atom stereocenters. The molecule has 0 spiro atoms. The molecule has 0 saturated carbocycles. The van der Waals surface area contributed by atoms with E-state index in [1.165, 1.54) is 19.2 Å². The molecular weight excluding hydrogens is 356 g/mol. The molecule has 0 fully saturated rings. The van der Waals surface area contributed by atoms with Gasteiger partial charge in [0.05, 0.1) is 16.9 Å². The van der Waals surface area contributed by atoms with Crippen molar-refractivity contribution in [3.8, 4) is 5.75 Å². The number of methoxy groups -OCH3 is 1. The summed E-state index contributed by atoms with van der Waals surface area (Å²) in [7, 11) is -2.34. The quantitative estimate of drug-likeness (QED) is 0.596. The van der Waals surface area contributed by atoms with Crippen molar-refractivity contribution in [2.24, 2.45) is 0 Å². The minimum atomic E-state index is -3.88. The van der Waals surface area contributed by atoms with Crippen LogP contribution < -0.4 is 9.46 Å². The van der Waals surface area contributed by atoms with Crippen LogP contribution in [0.25, 0.3) is 0 Å². The second kappa shape index (κ2) is 7.61. The molecule has 0 aliphatic carbocycles. The standard InChI is InChI=1S/C15H15ClN2O5S/c1-23-15-5-3-2-4-11(15)8-9-17-24(21,22)12-6-7-13(16)14(10-12)18(19)20/h2-7,10,17H,8-9H2,1H3. The topological polar surface area (TPSA) is 98.5 Å². The second-order valence-corrected chi connectivity index (χ2v) is 7.00. The molecule has 0 aliphatic rings. The third-order valence-corrected chi connectivity index (χ3v) is 5.08.